The zero-order chi connectivity index (χ0) is 17.6. The molecule has 3 aromatic rings. The number of hydrogen-bond donors (Lipinski definition) is 0. The SMILES string of the molecule is Cc1cc(C(=O)N2CCCc3cc(F)cc(C)c32)c2ccccc2n1. The van der Waals surface area contributed by atoms with Crippen LogP contribution in [-0.2, 0) is 6.42 Å². The van der Waals surface area contributed by atoms with Crippen LogP contribution in [0.5, 0.6) is 0 Å². The van der Waals surface area contributed by atoms with Crippen LogP contribution in [0.3, 0.4) is 0 Å². The van der Waals surface area contributed by atoms with Gasteiger partial charge in [-0.05, 0) is 62.1 Å². The summed E-state index contributed by atoms with van der Waals surface area (Å²) in [6.45, 7) is 4.41. The lowest BCUT2D eigenvalue weighted by Gasteiger charge is -2.31. The van der Waals surface area contributed by atoms with Crippen LogP contribution < -0.4 is 4.90 Å². The third kappa shape index (κ3) is 2.68. The van der Waals surface area contributed by atoms with E-state index in [1.807, 2.05) is 44.2 Å². The molecule has 2 aromatic carbocycles. The van der Waals surface area contributed by atoms with E-state index in [1.165, 1.54) is 6.07 Å². The number of anilines is 1. The molecule has 25 heavy (non-hydrogen) atoms. The van der Waals surface area contributed by atoms with Crippen molar-refractivity contribution in [3.05, 3.63) is 70.7 Å². The van der Waals surface area contributed by atoms with E-state index in [0.29, 0.717) is 12.1 Å². The summed E-state index contributed by atoms with van der Waals surface area (Å²) in [5, 5.41) is 0.852. The molecule has 4 heteroatoms. The van der Waals surface area contributed by atoms with E-state index in [-0.39, 0.29) is 11.7 Å². The lowest BCUT2D eigenvalue weighted by Crippen LogP contribution is -2.36. The first-order valence-corrected chi connectivity index (χ1v) is 8.52. The fourth-order valence-electron chi connectivity index (χ4n) is 3.75. The molecule has 0 spiro atoms. The van der Waals surface area contributed by atoms with E-state index in [0.717, 1.165) is 46.3 Å². The molecule has 0 bridgehead atoms. The van der Waals surface area contributed by atoms with E-state index in [4.69, 9.17) is 0 Å². The standard InChI is InChI=1S/C21H19FN2O/c1-13-10-16(22)12-15-6-5-9-24(20(13)15)21(25)18-11-14(2)23-19-8-4-3-7-17(18)19/h3-4,7-8,10-12H,5-6,9H2,1-2H3. The van der Waals surface area contributed by atoms with Gasteiger partial charge in [0.1, 0.15) is 5.82 Å². The smallest absolute Gasteiger partial charge is 0.259 e. The summed E-state index contributed by atoms with van der Waals surface area (Å²) in [5.41, 5.74) is 4.86. The van der Waals surface area contributed by atoms with Crippen molar-refractivity contribution < 1.29 is 9.18 Å². The number of amides is 1. The summed E-state index contributed by atoms with van der Waals surface area (Å²) < 4.78 is 13.8. The lowest BCUT2D eigenvalue weighted by molar-refractivity contribution is 0.0986. The molecular weight excluding hydrogens is 315 g/mol. The maximum Gasteiger partial charge on any atom is 0.259 e. The van der Waals surface area contributed by atoms with Crippen LogP contribution in [0.15, 0.2) is 42.5 Å². The number of halogens is 1. The molecule has 0 unspecified atom stereocenters. The monoisotopic (exact) mass is 334 g/mol. The van der Waals surface area contributed by atoms with Crippen LogP contribution in [0, 0.1) is 19.7 Å². The second-order valence-corrected chi connectivity index (χ2v) is 6.62. The van der Waals surface area contributed by atoms with Gasteiger partial charge in [-0.1, -0.05) is 18.2 Å². The topological polar surface area (TPSA) is 33.2 Å². The van der Waals surface area contributed by atoms with E-state index < -0.39 is 0 Å². The average molecular weight is 334 g/mol. The molecule has 0 aliphatic carbocycles. The third-order valence-electron chi connectivity index (χ3n) is 4.76. The van der Waals surface area contributed by atoms with E-state index >= 15 is 0 Å². The minimum atomic E-state index is -0.240. The normalized spacial score (nSPS) is 13.8. The number of aryl methyl sites for hydroxylation is 3. The van der Waals surface area contributed by atoms with Gasteiger partial charge >= 0.3 is 0 Å². The zero-order valence-corrected chi connectivity index (χ0v) is 14.3. The van der Waals surface area contributed by atoms with Crippen molar-refractivity contribution in [1.29, 1.82) is 0 Å². The number of benzene rings is 2. The van der Waals surface area contributed by atoms with Gasteiger partial charge < -0.3 is 4.90 Å². The van der Waals surface area contributed by atoms with Crippen molar-refractivity contribution in [2.75, 3.05) is 11.4 Å². The second kappa shape index (κ2) is 5.96. The summed E-state index contributed by atoms with van der Waals surface area (Å²) >= 11 is 0. The van der Waals surface area contributed by atoms with Gasteiger partial charge in [0, 0.05) is 17.6 Å². The molecule has 1 aliphatic heterocycles. The van der Waals surface area contributed by atoms with Gasteiger partial charge in [-0.15, -0.1) is 0 Å². The molecular formula is C21H19FN2O. The van der Waals surface area contributed by atoms with Gasteiger partial charge in [-0.25, -0.2) is 4.39 Å². The molecule has 126 valence electrons. The zero-order valence-electron chi connectivity index (χ0n) is 14.3. The summed E-state index contributed by atoms with van der Waals surface area (Å²) in [6.07, 6.45) is 1.64. The predicted octanol–water partition coefficient (Wildman–Crippen LogP) is 4.58. The molecule has 3 nitrogen and oxygen atoms in total. The summed E-state index contributed by atoms with van der Waals surface area (Å²) in [5.74, 6) is -0.284. The third-order valence-corrected chi connectivity index (χ3v) is 4.76. The number of nitrogens with zero attached hydrogens (tertiary/aromatic N) is 2. The van der Waals surface area contributed by atoms with Gasteiger partial charge in [0.15, 0.2) is 0 Å². The first-order chi connectivity index (χ1) is 12.0. The van der Waals surface area contributed by atoms with Crippen LogP contribution in [0.2, 0.25) is 0 Å². The summed E-state index contributed by atoms with van der Waals surface area (Å²) in [4.78, 5) is 19.7. The highest BCUT2D eigenvalue weighted by atomic mass is 19.1. The Labute approximate surface area is 146 Å². The molecule has 2 heterocycles. The second-order valence-electron chi connectivity index (χ2n) is 6.62. The van der Waals surface area contributed by atoms with Crippen LogP contribution in [0.1, 0.15) is 33.6 Å². The predicted molar refractivity (Wildman–Crippen MR) is 97.6 cm³/mol. The van der Waals surface area contributed by atoms with E-state index in [2.05, 4.69) is 4.98 Å². The minimum absolute atomic E-state index is 0.0441. The molecule has 0 atom stereocenters. The maximum absolute atomic E-state index is 13.8. The Morgan fingerprint density at radius 2 is 1.96 bits per heavy atom. The van der Waals surface area contributed by atoms with Crippen molar-refractivity contribution in [3.8, 4) is 0 Å². The number of hydrogen-bond acceptors (Lipinski definition) is 2. The molecule has 1 aromatic heterocycles. The van der Waals surface area contributed by atoms with Gasteiger partial charge in [0.05, 0.1) is 16.8 Å². The Hall–Kier alpha value is -2.75. The highest BCUT2D eigenvalue weighted by molar-refractivity contribution is 6.14. The number of carbonyl (C=O) groups excluding carboxylic acids is 1. The molecule has 0 N–H and O–H groups in total. The highest BCUT2D eigenvalue weighted by Gasteiger charge is 2.27. The maximum atomic E-state index is 13.8. The van der Waals surface area contributed by atoms with E-state index in [9.17, 15) is 9.18 Å². The quantitative estimate of drug-likeness (QED) is 0.652. The number of rotatable bonds is 1. The van der Waals surface area contributed by atoms with Crippen molar-refractivity contribution in [2.45, 2.75) is 26.7 Å². The lowest BCUT2D eigenvalue weighted by atomic mass is 9.96. The molecule has 0 saturated carbocycles. The Kier molecular flexibility index (Phi) is 3.75. The molecule has 0 fully saturated rings. The molecule has 0 saturated heterocycles. The van der Waals surface area contributed by atoms with Gasteiger partial charge in [0.25, 0.3) is 5.91 Å². The first kappa shape index (κ1) is 15.8. The van der Waals surface area contributed by atoms with Crippen LogP contribution in [-0.4, -0.2) is 17.4 Å². The van der Waals surface area contributed by atoms with E-state index in [1.54, 1.807) is 11.0 Å². The van der Waals surface area contributed by atoms with Gasteiger partial charge in [-0.3, -0.25) is 9.78 Å². The van der Waals surface area contributed by atoms with Crippen molar-refractivity contribution in [2.24, 2.45) is 0 Å². The largest absolute Gasteiger partial charge is 0.308 e. The number of para-hydroxylation sites is 1. The van der Waals surface area contributed by atoms with Crippen LogP contribution in [0.25, 0.3) is 10.9 Å². The van der Waals surface area contributed by atoms with Gasteiger partial charge in [0.2, 0.25) is 0 Å². The fraction of sp³-hybridized carbons (Fsp3) is 0.238. The Morgan fingerprint density at radius 3 is 2.80 bits per heavy atom. The Morgan fingerprint density at radius 1 is 1.16 bits per heavy atom. The fourth-order valence-corrected chi connectivity index (χ4v) is 3.75. The van der Waals surface area contributed by atoms with Crippen molar-refractivity contribution in [1.82, 2.24) is 4.98 Å². The highest BCUT2D eigenvalue weighted by Crippen LogP contribution is 2.33. The van der Waals surface area contributed by atoms with Gasteiger partial charge in [-0.2, -0.15) is 0 Å². The first-order valence-electron chi connectivity index (χ1n) is 8.52. The number of carbonyl (C=O) groups is 1. The molecule has 0 radical (unpaired) electrons. The number of fused-ring (bicyclic) bond motifs is 2. The van der Waals surface area contributed by atoms with Crippen LogP contribution >= 0.6 is 0 Å². The number of pyridine rings is 1. The molecule has 1 aliphatic rings. The van der Waals surface area contributed by atoms with Crippen LogP contribution in [0.4, 0.5) is 10.1 Å². The van der Waals surface area contributed by atoms with Crippen molar-refractivity contribution in [3.63, 3.8) is 0 Å². The average Bonchev–Trinajstić information content (AvgIpc) is 2.59. The molecule has 1 amide bonds. The number of aromatic nitrogens is 1. The molecule has 4 rings (SSSR count). The summed E-state index contributed by atoms with van der Waals surface area (Å²) in [6, 6.07) is 12.6. The summed E-state index contributed by atoms with van der Waals surface area (Å²) in [7, 11) is 0. The Bertz CT molecular complexity index is 997. The van der Waals surface area contributed by atoms with Crippen molar-refractivity contribution >= 4 is 22.5 Å². The Balaban J connectivity index is 1.87. The minimum Gasteiger partial charge on any atom is -0.308 e.